The fraction of sp³-hybridized carbons (Fsp3) is 0.900. The highest BCUT2D eigenvalue weighted by molar-refractivity contribution is 5.08. The van der Waals surface area contributed by atoms with E-state index in [4.69, 9.17) is 5.73 Å². The van der Waals surface area contributed by atoms with E-state index in [1.165, 1.54) is 70.7 Å². The average molecular weight is 361 g/mol. The molecule has 0 atom stereocenters. The standard InChI is InChI=1S/C20H36N6/c1-2-26-19(22-23-20(26)17-12-18(21)13-17)15-25-10-6-16(7-11-25)14-24-8-4-3-5-9-24/h16-18H,2-15,21H2,1H3. The zero-order chi connectivity index (χ0) is 17.9. The molecule has 3 heterocycles. The van der Waals surface area contributed by atoms with Gasteiger partial charge in [0, 0.05) is 25.0 Å². The van der Waals surface area contributed by atoms with E-state index in [1.807, 2.05) is 0 Å². The predicted molar refractivity (Wildman–Crippen MR) is 104 cm³/mol. The van der Waals surface area contributed by atoms with E-state index >= 15 is 0 Å². The van der Waals surface area contributed by atoms with E-state index in [-0.39, 0.29) is 0 Å². The van der Waals surface area contributed by atoms with Crippen LogP contribution in [0, 0.1) is 5.92 Å². The van der Waals surface area contributed by atoms with E-state index in [0.717, 1.165) is 37.7 Å². The molecule has 0 radical (unpaired) electrons. The summed E-state index contributed by atoms with van der Waals surface area (Å²) >= 11 is 0. The maximum Gasteiger partial charge on any atom is 0.147 e. The molecule has 0 bridgehead atoms. The topological polar surface area (TPSA) is 63.2 Å². The summed E-state index contributed by atoms with van der Waals surface area (Å²) in [6.45, 7) is 10.5. The van der Waals surface area contributed by atoms with Crippen molar-refractivity contribution < 1.29 is 0 Å². The van der Waals surface area contributed by atoms with Crippen LogP contribution in [-0.2, 0) is 13.1 Å². The van der Waals surface area contributed by atoms with Crippen molar-refractivity contribution in [2.45, 2.75) is 76.9 Å². The molecule has 1 aromatic heterocycles. The Kier molecular flexibility index (Phi) is 5.91. The maximum atomic E-state index is 5.96. The molecule has 146 valence electrons. The highest BCUT2D eigenvalue weighted by Gasteiger charge is 2.32. The Balaban J connectivity index is 1.27. The van der Waals surface area contributed by atoms with Crippen molar-refractivity contribution in [3.05, 3.63) is 11.6 Å². The Morgan fingerprint density at radius 3 is 2.35 bits per heavy atom. The number of hydrogen-bond acceptors (Lipinski definition) is 5. The van der Waals surface area contributed by atoms with Crippen LogP contribution in [0.4, 0.5) is 0 Å². The van der Waals surface area contributed by atoms with E-state index in [9.17, 15) is 0 Å². The van der Waals surface area contributed by atoms with Gasteiger partial charge >= 0.3 is 0 Å². The monoisotopic (exact) mass is 360 g/mol. The molecule has 0 spiro atoms. The lowest BCUT2D eigenvalue weighted by Gasteiger charge is -2.36. The number of rotatable bonds is 6. The normalized spacial score (nSPS) is 29.0. The second kappa shape index (κ2) is 8.36. The van der Waals surface area contributed by atoms with Gasteiger partial charge in [-0.15, -0.1) is 10.2 Å². The Labute approximate surface area is 158 Å². The van der Waals surface area contributed by atoms with Crippen molar-refractivity contribution in [3.63, 3.8) is 0 Å². The summed E-state index contributed by atoms with van der Waals surface area (Å²) in [6, 6.07) is 0.365. The van der Waals surface area contributed by atoms with Crippen LogP contribution in [0.3, 0.4) is 0 Å². The summed E-state index contributed by atoms with van der Waals surface area (Å²) in [7, 11) is 0. The molecular formula is C20H36N6. The zero-order valence-electron chi connectivity index (χ0n) is 16.4. The molecule has 1 aliphatic carbocycles. The summed E-state index contributed by atoms with van der Waals surface area (Å²) in [5.41, 5.74) is 5.96. The molecule has 0 amide bonds. The minimum absolute atomic E-state index is 0.365. The summed E-state index contributed by atoms with van der Waals surface area (Å²) in [4.78, 5) is 5.28. The molecular weight excluding hydrogens is 324 g/mol. The molecule has 3 aliphatic rings. The molecule has 4 rings (SSSR count). The van der Waals surface area contributed by atoms with Gasteiger partial charge in [0.05, 0.1) is 6.54 Å². The van der Waals surface area contributed by atoms with Crippen LogP contribution in [0.25, 0.3) is 0 Å². The van der Waals surface area contributed by atoms with Gasteiger partial charge in [-0.25, -0.2) is 0 Å². The molecule has 6 nitrogen and oxygen atoms in total. The van der Waals surface area contributed by atoms with Gasteiger partial charge in [-0.05, 0) is 77.5 Å². The molecule has 6 heteroatoms. The first kappa shape index (κ1) is 18.4. The van der Waals surface area contributed by atoms with Gasteiger partial charge in [-0.1, -0.05) is 6.42 Å². The fourth-order valence-electron chi connectivity index (χ4n) is 5.02. The van der Waals surface area contributed by atoms with Crippen molar-refractivity contribution in [2.24, 2.45) is 11.7 Å². The average Bonchev–Trinajstić information content (AvgIpc) is 3.03. The smallest absolute Gasteiger partial charge is 0.147 e. The highest BCUT2D eigenvalue weighted by Crippen LogP contribution is 2.35. The van der Waals surface area contributed by atoms with E-state index in [0.29, 0.717) is 12.0 Å². The Morgan fingerprint density at radius 1 is 0.962 bits per heavy atom. The van der Waals surface area contributed by atoms with Crippen LogP contribution in [0.5, 0.6) is 0 Å². The molecule has 0 unspecified atom stereocenters. The van der Waals surface area contributed by atoms with Gasteiger partial charge in [0.25, 0.3) is 0 Å². The van der Waals surface area contributed by atoms with Gasteiger partial charge < -0.3 is 15.2 Å². The zero-order valence-corrected chi connectivity index (χ0v) is 16.4. The minimum atomic E-state index is 0.365. The van der Waals surface area contributed by atoms with Crippen LogP contribution >= 0.6 is 0 Å². The lowest BCUT2D eigenvalue weighted by Crippen LogP contribution is -2.40. The number of piperidine rings is 2. The molecule has 2 aliphatic heterocycles. The molecule has 26 heavy (non-hydrogen) atoms. The van der Waals surface area contributed by atoms with Crippen LogP contribution < -0.4 is 5.73 Å². The maximum absolute atomic E-state index is 5.96. The summed E-state index contributed by atoms with van der Waals surface area (Å²) in [6.07, 6.45) is 9.05. The second-order valence-corrected chi connectivity index (χ2v) is 8.73. The van der Waals surface area contributed by atoms with Crippen LogP contribution in [0.15, 0.2) is 0 Å². The molecule has 2 N–H and O–H groups in total. The summed E-state index contributed by atoms with van der Waals surface area (Å²) < 4.78 is 2.34. The van der Waals surface area contributed by atoms with Crippen molar-refractivity contribution >= 4 is 0 Å². The number of aromatic nitrogens is 3. The van der Waals surface area contributed by atoms with Crippen LogP contribution in [0.2, 0.25) is 0 Å². The van der Waals surface area contributed by atoms with E-state index in [1.54, 1.807) is 0 Å². The Hall–Kier alpha value is -0.980. The first-order valence-corrected chi connectivity index (χ1v) is 10.8. The predicted octanol–water partition coefficient (Wildman–Crippen LogP) is 2.20. The third-order valence-corrected chi connectivity index (χ3v) is 6.75. The fourth-order valence-corrected chi connectivity index (χ4v) is 5.02. The third kappa shape index (κ3) is 4.12. The SMILES string of the molecule is CCn1c(CN2CCC(CN3CCCCC3)CC2)nnc1C1CC(N)C1. The number of hydrogen-bond donors (Lipinski definition) is 1. The summed E-state index contributed by atoms with van der Waals surface area (Å²) in [5.74, 6) is 3.74. The van der Waals surface area contributed by atoms with E-state index in [2.05, 4.69) is 31.5 Å². The first-order chi connectivity index (χ1) is 12.7. The lowest BCUT2D eigenvalue weighted by atomic mass is 9.80. The largest absolute Gasteiger partial charge is 0.328 e. The molecule has 1 saturated carbocycles. The highest BCUT2D eigenvalue weighted by atomic mass is 15.3. The number of likely N-dealkylation sites (tertiary alicyclic amines) is 2. The third-order valence-electron chi connectivity index (χ3n) is 6.75. The number of nitrogens with zero attached hydrogens (tertiary/aromatic N) is 5. The van der Waals surface area contributed by atoms with Crippen molar-refractivity contribution in [3.8, 4) is 0 Å². The van der Waals surface area contributed by atoms with Gasteiger partial charge in [0.1, 0.15) is 11.6 Å². The first-order valence-electron chi connectivity index (χ1n) is 10.8. The van der Waals surface area contributed by atoms with Crippen molar-refractivity contribution in [1.82, 2.24) is 24.6 Å². The van der Waals surface area contributed by atoms with E-state index < -0.39 is 0 Å². The van der Waals surface area contributed by atoms with Crippen LogP contribution in [-0.4, -0.2) is 63.3 Å². The van der Waals surface area contributed by atoms with Gasteiger partial charge in [0.2, 0.25) is 0 Å². The Morgan fingerprint density at radius 2 is 1.69 bits per heavy atom. The summed E-state index contributed by atoms with van der Waals surface area (Å²) in [5, 5.41) is 9.07. The lowest BCUT2D eigenvalue weighted by molar-refractivity contribution is 0.125. The molecule has 0 aromatic carbocycles. The minimum Gasteiger partial charge on any atom is -0.328 e. The quantitative estimate of drug-likeness (QED) is 0.843. The number of nitrogens with two attached hydrogens (primary N) is 1. The molecule has 3 fully saturated rings. The second-order valence-electron chi connectivity index (χ2n) is 8.73. The molecule has 1 aromatic rings. The van der Waals surface area contributed by atoms with Crippen molar-refractivity contribution in [1.29, 1.82) is 0 Å². The van der Waals surface area contributed by atoms with Crippen LogP contribution in [0.1, 0.15) is 69.4 Å². The van der Waals surface area contributed by atoms with Gasteiger partial charge in [-0.3, -0.25) is 4.90 Å². The molecule has 2 saturated heterocycles. The van der Waals surface area contributed by atoms with Gasteiger partial charge in [-0.2, -0.15) is 0 Å². The van der Waals surface area contributed by atoms with Gasteiger partial charge in [0.15, 0.2) is 0 Å². The van der Waals surface area contributed by atoms with Crippen molar-refractivity contribution in [2.75, 3.05) is 32.7 Å². The Bertz CT molecular complexity index is 565.